The Morgan fingerprint density at radius 1 is 1.65 bits per heavy atom. The van der Waals surface area contributed by atoms with Crippen LogP contribution >= 0.6 is 12.6 Å². The number of carbonyl (C=O) groups is 1. The molecule has 0 aliphatic rings. The lowest BCUT2D eigenvalue weighted by molar-refractivity contribution is -0.132. The smallest absolute Gasteiger partial charge is 0.335 e. The monoisotopic (exact) mass is 259 g/mol. The van der Waals surface area contributed by atoms with Crippen LogP contribution in [-0.4, -0.2) is 36.6 Å². The van der Waals surface area contributed by atoms with Crippen LogP contribution in [0.15, 0.2) is 37.0 Å². The second-order valence-corrected chi connectivity index (χ2v) is 3.51. The molecule has 0 aliphatic heterocycles. The molecule has 0 amide bonds. The van der Waals surface area contributed by atoms with Crippen molar-refractivity contribution in [1.82, 2.24) is 0 Å². The summed E-state index contributed by atoms with van der Waals surface area (Å²) in [6.45, 7) is 7.37. The van der Waals surface area contributed by atoms with Gasteiger partial charge in [-0.05, 0) is 12.5 Å². The number of allylic oxidation sites excluding steroid dienone is 2. The SMILES string of the molecule is C=C/C=C\C(=C)C(=O)O.COCCC(N)CS. The predicted molar refractivity (Wildman–Crippen MR) is 74.4 cm³/mol. The van der Waals surface area contributed by atoms with E-state index in [0.717, 1.165) is 18.8 Å². The molecule has 0 heterocycles. The van der Waals surface area contributed by atoms with Gasteiger partial charge in [0.1, 0.15) is 0 Å². The molecular formula is C12H21NO3S. The highest BCUT2D eigenvalue weighted by Gasteiger charge is 1.96. The van der Waals surface area contributed by atoms with Gasteiger partial charge in [-0.2, -0.15) is 12.6 Å². The summed E-state index contributed by atoms with van der Waals surface area (Å²) in [5.74, 6) is -0.267. The first kappa shape index (κ1) is 18.3. The highest BCUT2D eigenvalue weighted by Crippen LogP contribution is 1.91. The van der Waals surface area contributed by atoms with Crippen molar-refractivity contribution in [2.24, 2.45) is 5.73 Å². The van der Waals surface area contributed by atoms with Crippen LogP contribution in [0, 0.1) is 0 Å². The number of rotatable bonds is 7. The van der Waals surface area contributed by atoms with E-state index >= 15 is 0 Å². The molecule has 3 N–H and O–H groups in total. The lowest BCUT2D eigenvalue weighted by Gasteiger charge is -2.04. The van der Waals surface area contributed by atoms with Crippen LogP contribution in [0.3, 0.4) is 0 Å². The summed E-state index contributed by atoms with van der Waals surface area (Å²) < 4.78 is 4.80. The molecule has 0 aliphatic carbocycles. The molecule has 4 nitrogen and oxygen atoms in total. The normalized spacial score (nSPS) is 11.5. The molecule has 0 aromatic carbocycles. The first-order chi connectivity index (χ1) is 7.99. The summed E-state index contributed by atoms with van der Waals surface area (Å²) in [5, 5.41) is 8.22. The fraction of sp³-hybridized carbons (Fsp3) is 0.417. The van der Waals surface area contributed by atoms with E-state index in [4.69, 9.17) is 15.6 Å². The molecule has 5 heteroatoms. The Balaban J connectivity index is 0. The molecular weight excluding hydrogens is 238 g/mol. The largest absolute Gasteiger partial charge is 0.478 e. The Morgan fingerprint density at radius 3 is 2.59 bits per heavy atom. The number of ether oxygens (including phenoxy) is 1. The quantitative estimate of drug-likeness (QED) is 0.369. The first-order valence-electron chi connectivity index (χ1n) is 5.06. The maximum atomic E-state index is 10.0. The maximum Gasteiger partial charge on any atom is 0.335 e. The van der Waals surface area contributed by atoms with E-state index in [9.17, 15) is 4.79 Å². The average Bonchev–Trinajstić information content (AvgIpc) is 2.33. The van der Waals surface area contributed by atoms with Gasteiger partial charge in [0.25, 0.3) is 0 Å². The second kappa shape index (κ2) is 13.0. The number of hydrogen-bond acceptors (Lipinski definition) is 4. The van der Waals surface area contributed by atoms with Gasteiger partial charge in [-0.3, -0.25) is 0 Å². The fourth-order valence-corrected chi connectivity index (χ4v) is 0.799. The molecule has 1 unspecified atom stereocenters. The van der Waals surface area contributed by atoms with Crippen LogP contribution < -0.4 is 5.73 Å². The van der Waals surface area contributed by atoms with Crippen molar-refractivity contribution in [3.8, 4) is 0 Å². The lowest BCUT2D eigenvalue weighted by Crippen LogP contribution is -2.23. The molecule has 0 aromatic rings. The molecule has 0 spiro atoms. The van der Waals surface area contributed by atoms with E-state index in [2.05, 4.69) is 25.8 Å². The summed E-state index contributed by atoms with van der Waals surface area (Å²) in [6, 6.07) is 0.193. The van der Waals surface area contributed by atoms with Gasteiger partial charge in [0, 0.05) is 25.5 Å². The van der Waals surface area contributed by atoms with Crippen molar-refractivity contribution in [1.29, 1.82) is 0 Å². The number of carboxylic acid groups (broad SMARTS) is 1. The van der Waals surface area contributed by atoms with Crippen LogP contribution in [0.4, 0.5) is 0 Å². The highest BCUT2D eigenvalue weighted by molar-refractivity contribution is 7.80. The average molecular weight is 259 g/mol. The molecule has 1 atom stereocenters. The van der Waals surface area contributed by atoms with E-state index in [1.807, 2.05) is 0 Å². The zero-order valence-corrected chi connectivity index (χ0v) is 11.0. The highest BCUT2D eigenvalue weighted by atomic mass is 32.1. The van der Waals surface area contributed by atoms with Gasteiger partial charge in [0.2, 0.25) is 0 Å². The van der Waals surface area contributed by atoms with Crippen LogP contribution in [-0.2, 0) is 9.53 Å². The van der Waals surface area contributed by atoms with Gasteiger partial charge in [-0.25, -0.2) is 4.79 Å². The number of methoxy groups -OCH3 is 1. The van der Waals surface area contributed by atoms with Gasteiger partial charge in [-0.1, -0.05) is 25.3 Å². The Morgan fingerprint density at radius 2 is 2.24 bits per heavy atom. The standard InChI is InChI=1S/C7H8O2.C5H13NOS/c1-3-4-5-6(2)7(8)9;1-7-3-2-5(6)4-8/h3-5H,1-2H2,(H,8,9);5,8H,2-4,6H2,1H3/b5-4-;. The summed E-state index contributed by atoms with van der Waals surface area (Å²) in [6.07, 6.45) is 5.31. The van der Waals surface area contributed by atoms with Crippen LogP contribution in [0.1, 0.15) is 6.42 Å². The van der Waals surface area contributed by atoms with Gasteiger partial charge in [0.15, 0.2) is 0 Å². The molecule has 17 heavy (non-hydrogen) atoms. The van der Waals surface area contributed by atoms with Gasteiger partial charge >= 0.3 is 5.97 Å². The number of nitrogens with two attached hydrogens (primary N) is 1. The van der Waals surface area contributed by atoms with Crippen molar-refractivity contribution in [2.75, 3.05) is 19.5 Å². The molecule has 0 saturated carbocycles. The molecule has 0 aromatic heterocycles. The molecule has 0 fully saturated rings. The molecule has 98 valence electrons. The van der Waals surface area contributed by atoms with Gasteiger partial charge in [-0.15, -0.1) is 0 Å². The summed E-state index contributed by atoms with van der Waals surface area (Å²) >= 11 is 4.01. The number of aliphatic carboxylic acids is 1. The van der Waals surface area contributed by atoms with Crippen molar-refractivity contribution < 1.29 is 14.6 Å². The third-order valence-corrected chi connectivity index (χ3v) is 2.10. The van der Waals surface area contributed by atoms with Crippen molar-refractivity contribution in [3.63, 3.8) is 0 Å². The fourth-order valence-electron chi connectivity index (χ4n) is 0.616. The van der Waals surface area contributed by atoms with Crippen LogP contribution in [0.5, 0.6) is 0 Å². The lowest BCUT2D eigenvalue weighted by atomic mass is 10.3. The Bertz CT molecular complexity index is 264. The first-order valence-corrected chi connectivity index (χ1v) is 5.69. The molecule has 0 radical (unpaired) electrons. The van der Waals surface area contributed by atoms with Crippen molar-refractivity contribution in [3.05, 3.63) is 37.0 Å². The van der Waals surface area contributed by atoms with Crippen LogP contribution in [0.2, 0.25) is 0 Å². The Kier molecular flexibility index (Phi) is 14.0. The van der Waals surface area contributed by atoms with Crippen LogP contribution in [0.25, 0.3) is 0 Å². The Labute approximate surface area is 108 Å². The minimum absolute atomic E-state index is 0.0647. The number of hydrogen-bond donors (Lipinski definition) is 3. The second-order valence-electron chi connectivity index (χ2n) is 3.15. The van der Waals surface area contributed by atoms with E-state index in [0.29, 0.717) is 0 Å². The third-order valence-electron chi connectivity index (χ3n) is 1.64. The molecule has 0 rings (SSSR count). The third kappa shape index (κ3) is 15.0. The van der Waals surface area contributed by atoms with E-state index in [1.54, 1.807) is 7.11 Å². The Hall–Kier alpha value is -1.04. The topological polar surface area (TPSA) is 72.5 Å². The van der Waals surface area contributed by atoms with E-state index < -0.39 is 5.97 Å². The van der Waals surface area contributed by atoms with Crippen molar-refractivity contribution >= 4 is 18.6 Å². The zero-order valence-electron chi connectivity index (χ0n) is 10.1. The van der Waals surface area contributed by atoms with E-state index in [1.165, 1.54) is 18.2 Å². The van der Waals surface area contributed by atoms with Gasteiger partial charge in [0.05, 0.1) is 5.57 Å². The molecule has 0 saturated heterocycles. The summed E-state index contributed by atoms with van der Waals surface area (Å²) in [4.78, 5) is 10.0. The number of thiol groups is 1. The summed E-state index contributed by atoms with van der Waals surface area (Å²) in [7, 11) is 1.67. The predicted octanol–water partition coefficient (Wildman–Crippen LogP) is 1.65. The zero-order chi connectivity index (χ0) is 13.7. The minimum Gasteiger partial charge on any atom is -0.478 e. The van der Waals surface area contributed by atoms with Crippen molar-refractivity contribution in [2.45, 2.75) is 12.5 Å². The minimum atomic E-state index is -1.01. The van der Waals surface area contributed by atoms with Gasteiger partial charge < -0.3 is 15.6 Å². The molecule has 0 bridgehead atoms. The maximum absolute atomic E-state index is 10.0. The van der Waals surface area contributed by atoms with E-state index in [-0.39, 0.29) is 11.6 Å². The summed E-state index contributed by atoms with van der Waals surface area (Å²) in [5.41, 5.74) is 5.57. The number of carboxylic acids is 1.